The Labute approximate surface area is 67.5 Å². The Bertz CT molecular complexity index is 117. The lowest BCUT2D eigenvalue weighted by molar-refractivity contribution is 0.170. The first kappa shape index (κ1) is 10.4. The van der Waals surface area contributed by atoms with Crippen molar-refractivity contribution in [3.63, 3.8) is 0 Å². The number of nitrogens with one attached hydrogen (secondary N) is 1. The van der Waals surface area contributed by atoms with Crippen LogP contribution in [0.4, 0.5) is 4.79 Å². The number of alkyl carbamates (subject to hydrolysis) is 1. The quantitative estimate of drug-likeness (QED) is 0.585. The molecule has 0 bridgehead atoms. The summed E-state index contributed by atoms with van der Waals surface area (Å²) in [6, 6.07) is 0. The molecule has 0 atom stereocenters. The van der Waals surface area contributed by atoms with Crippen molar-refractivity contribution in [1.29, 1.82) is 0 Å². The number of hydrogen-bond donors (Lipinski definition) is 1. The van der Waals surface area contributed by atoms with Crippen LogP contribution < -0.4 is 5.32 Å². The zero-order chi connectivity index (χ0) is 8.69. The van der Waals surface area contributed by atoms with Gasteiger partial charge in [0.1, 0.15) is 0 Å². The molecule has 0 saturated carbocycles. The Hall–Kier alpha value is -0.593. The van der Waals surface area contributed by atoms with Gasteiger partial charge in [-0.15, -0.1) is 0 Å². The highest BCUT2D eigenvalue weighted by atomic mass is 28.3. The summed E-state index contributed by atoms with van der Waals surface area (Å²) in [6.07, 6.45) is -0.0451. The number of methoxy groups -OCH3 is 1. The van der Waals surface area contributed by atoms with E-state index in [4.69, 9.17) is 8.85 Å². The van der Waals surface area contributed by atoms with Crippen LogP contribution in [-0.4, -0.2) is 42.9 Å². The maximum Gasteiger partial charge on any atom is 0.406 e. The zero-order valence-corrected chi connectivity index (χ0v) is 8.07. The highest BCUT2D eigenvalue weighted by Crippen LogP contribution is 1.82. The molecule has 11 heavy (non-hydrogen) atoms. The molecule has 0 spiro atoms. The molecular formula is C5H13NO4Si. The Morgan fingerprint density at radius 2 is 1.91 bits per heavy atom. The van der Waals surface area contributed by atoms with Gasteiger partial charge in [-0.3, -0.25) is 0 Å². The average Bonchev–Trinajstić information content (AvgIpc) is 2.06. The molecular weight excluding hydrogens is 166 g/mol. The molecule has 0 heterocycles. The van der Waals surface area contributed by atoms with Crippen LogP contribution in [0.5, 0.6) is 0 Å². The second-order valence-corrected chi connectivity index (χ2v) is 3.98. The Morgan fingerprint density at radius 1 is 1.36 bits per heavy atom. The lowest BCUT2D eigenvalue weighted by Crippen LogP contribution is -2.37. The van der Waals surface area contributed by atoms with E-state index in [1.807, 2.05) is 0 Å². The monoisotopic (exact) mass is 179 g/mol. The Balaban J connectivity index is 3.42. The van der Waals surface area contributed by atoms with Gasteiger partial charge in [0, 0.05) is 14.2 Å². The van der Waals surface area contributed by atoms with Crippen molar-refractivity contribution in [3.05, 3.63) is 0 Å². The summed E-state index contributed by atoms with van der Waals surface area (Å²) in [7, 11) is 2.75. The van der Waals surface area contributed by atoms with Crippen molar-refractivity contribution >= 4 is 15.4 Å². The maximum absolute atomic E-state index is 10.5. The van der Waals surface area contributed by atoms with Gasteiger partial charge in [0.05, 0.1) is 13.3 Å². The molecule has 0 radical (unpaired) electrons. The van der Waals surface area contributed by atoms with E-state index >= 15 is 0 Å². The molecule has 0 saturated heterocycles. The standard InChI is InChI=1S/C5H13NO4Si/c1-8-5(7)6-4-11(9-2)10-3/h11H,4H2,1-3H3,(H,6,7). The van der Waals surface area contributed by atoms with Crippen LogP contribution in [-0.2, 0) is 13.6 Å². The fourth-order valence-corrected chi connectivity index (χ4v) is 1.36. The molecule has 1 amide bonds. The average molecular weight is 179 g/mol. The normalized spacial score (nSPS) is 9.82. The van der Waals surface area contributed by atoms with Gasteiger partial charge in [-0.25, -0.2) is 4.79 Å². The summed E-state index contributed by atoms with van der Waals surface area (Å²) < 4.78 is 14.2. The molecule has 66 valence electrons. The molecule has 1 N–H and O–H groups in total. The third-order valence-electron chi connectivity index (χ3n) is 1.12. The molecule has 5 nitrogen and oxygen atoms in total. The molecule has 0 aliphatic heterocycles. The second-order valence-electron chi connectivity index (χ2n) is 1.77. The topological polar surface area (TPSA) is 56.8 Å². The predicted octanol–water partition coefficient (Wildman–Crippen LogP) is -0.605. The number of ether oxygens (including phenoxy) is 1. The van der Waals surface area contributed by atoms with Crippen molar-refractivity contribution in [3.8, 4) is 0 Å². The summed E-state index contributed by atoms with van der Waals surface area (Å²) >= 11 is 0. The van der Waals surface area contributed by atoms with E-state index in [-0.39, 0.29) is 0 Å². The SMILES string of the molecule is COC(=O)NC[SiH](OC)OC. The predicted molar refractivity (Wildman–Crippen MR) is 41.6 cm³/mol. The van der Waals surface area contributed by atoms with Gasteiger partial charge in [0.15, 0.2) is 0 Å². The molecule has 6 heteroatoms. The van der Waals surface area contributed by atoms with Gasteiger partial charge in [0.2, 0.25) is 0 Å². The molecule has 0 rings (SSSR count). The van der Waals surface area contributed by atoms with E-state index in [0.717, 1.165) is 0 Å². The van der Waals surface area contributed by atoms with Crippen LogP contribution in [0.3, 0.4) is 0 Å². The smallest absolute Gasteiger partial charge is 0.406 e. The first-order valence-electron chi connectivity index (χ1n) is 3.12. The number of carbonyl (C=O) groups excluding carboxylic acids is 1. The van der Waals surface area contributed by atoms with Gasteiger partial charge in [-0.2, -0.15) is 0 Å². The molecule has 0 aromatic carbocycles. The van der Waals surface area contributed by atoms with Crippen molar-refractivity contribution in [2.75, 3.05) is 27.5 Å². The van der Waals surface area contributed by atoms with Gasteiger partial charge in [-0.1, -0.05) is 0 Å². The van der Waals surface area contributed by atoms with Gasteiger partial charge < -0.3 is 18.9 Å². The van der Waals surface area contributed by atoms with Crippen LogP contribution in [0, 0.1) is 0 Å². The molecule has 0 aliphatic carbocycles. The van der Waals surface area contributed by atoms with Crippen LogP contribution in [0.2, 0.25) is 0 Å². The fraction of sp³-hybridized carbons (Fsp3) is 0.800. The highest BCUT2D eigenvalue weighted by molar-refractivity contribution is 6.44. The van der Waals surface area contributed by atoms with Gasteiger partial charge in [-0.05, 0) is 0 Å². The summed E-state index contributed by atoms with van der Waals surface area (Å²) in [4.78, 5) is 10.5. The summed E-state index contributed by atoms with van der Waals surface area (Å²) in [6.45, 7) is 0. The lowest BCUT2D eigenvalue weighted by Gasteiger charge is -2.10. The minimum absolute atomic E-state index is 0.416. The molecule has 0 unspecified atom stereocenters. The summed E-state index contributed by atoms with van der Waals surface area (Å²) in [5.74, 6) is 0. The molecule has 0 aliphatic rings. The van der Waals surface area contributed by atoms with E-state index in [1.54, 1.807) is 14.2 Å². The van der Waals surface area contributed by atoms with E-state index in [1.165, 1.54) is 7.11 Å². The maximum atomic E-state index is 10.5. The Kier molecular flexibility index (Phi) is 5.81. The van der Waals surface area contributed by atoms with E-state index in [9.17, 15) is 4.79 Å². The largest absolute Gasteiger partial charge is 0.453 e. The van der Waals surface area contributed by atoms with Gasteiger partial charge >= 0.3 is 15.4 Å². The number of hydrogen-bond acceptors (Lipinski definition) is 4. The second kappa shape index (κ2) is 6.14. The summed E-state index contributed by atoms with van der Waals surface area (Å²) in [5, 5.41) is 2.48. The third kappa shape index (κ3) is 4.77. The molecule has 0 fully saturated rings. The van der Waals surface area contributed by atoms with Crippen LogP contribution in [0.1, 0.15) is 0 Å². The number of amides is 1. The number of rotatable bonds is 4. The summed E-state index contributed by atoms with van der Waals surface area (Å²) in [5.41, 5.74) is 0. The Morgan fingerprint density at radius 3 is 2.27 bits per heavy atom. The lowest BCUT2D eigenvalue weighted by atomic mass is 11.1. The fourth-order valence-electron chi connectivity index (χ4n) is 0.502. The van der Waals surface area contributed by atoms with Crippen molar-refractivity contribution in [1.82, 2.24) is 5.32 Å². The molecule has 0 aromatic heterocycles. The highest BCUT2D eigenvalue weighted by Gasteiger charge is 2.10. The van der Waals surface area contributed by atoms with E-state index in [2.05, 4.69) is 10.1 Å². The van der Waals surface area contributed by atoms with Crippen LogP contribution >= 0.6 is 0 Å². The van der Waals surface area contributed by atoms with Crippen molar-refractivity contribution in [2.24, 2.45) is 0 Å². The van der Waals surface area contributed by atoms with E-state index < -0.39 is 15.4 Å². The minimum Gasteiger partial charge on any atom is -0.453 e. The minimum atomic E-state index is -1.67. The zero-order valence-electron chi connectivity index (χ0n) is 6.92. The van der Waals surface area contributed by atoms with Crippen LogP contribution in [0.25, 0.3) is 0 Å². The first-order chi connectivity index (χ1) is 5.24. The van der Waals surface area contributed by atoms with E-state index in [0.29, 0.717) is 6.17 Å². The number of carbonyl (C=O) groups is 1. The van der Waals surface area contributed by atoms with Gasteiger partial charge in [0.25, 0.3) is 0 Å². The van der Waals surface area contributed by atoms with Crippen molar-refractivity contribution < 1.29 is 18.4 Å². The van der Waals surface area contributed by atoms with Crippen LogP contribution in [0.15, 0.2) is 0 Å². The van der Waals surface area contributed by atoms with Crippen molar-refractivity contribution in [2.45, 2.75) is 0 Å². The molecule has 0 aromatic rings. The first-order valence-corrected chi connectivity index (χ1v) is 4.88. The third-order valence-corrected chi connectivity index (χ3v) is 2.71.